The fraction of sp³-hybridized carbons (Fsp3) is 1.00. The highest BCUT2D eigenvalue weighted by Gasteiger charge is 2.29. The number of aliphatic hydroxyl groups excluding tert-OH is 2. The van der Waals surface area contributed by atoms with Crippen LogP contribution in [0.15, 0.2) is 0 Å². The summed E-state index contributed by atoms with van der Waals surface area (Å²) in [5.74, 6) is 1.27. The first-order chi connectivity index (χ1) is 7.75. The van der Waals surface area contributed by atoms with Gasteiger partial charge in [0.2, 0.25) is 0 Å². The van der Waals surface area contributed by atoms with E-state index in [0.717, 1.165) is 12.3 Å². The fourth-order valence-corrected chi connectivity index (χ4v) is 2.76. The van der Waals surface area contributed by atoms with Gasteiger partial charge in [-0.15, -0.1) is 0 Å². The first-order valence-electron chi connectivity index (χ1n) is 6.82. The van der Waals surface area contributed by atoms with E-state index in [1.165, 1.54) is 38.5 Å². The van der Waals surface area contributed by atoms with E-state index < -0.39 is 0 Å². The summed E-state index contributed by atoms with van der Waals surface area (Å²) in [6, 6.07) is 0. The summed E-state index contributed by atoms with van der Waals surface area (Å²) < 4.78 is 0. The number of aliphatic hydroxyl groups is 2. The second-order valence-electron chi connectivity index (χ2n) is 5.60. The Morgan fingerprint density at radius 1 is 1.00 bits per heavy atom. The first-order valence-corrected chi connectivity index (χ1v) is 6.82. The maximum atomic E-state index is 9.83. The van der Waals surface area contributed by atoms with Crippen LogP contribution in [0.1, 0.15) is 44.9 Å². The highest BCUT2D eigenvalue weighted by Crippen LogP contribution is 2.32. The van der Waals surface area contributed by atoms with Gasteiger partial charge >= 0.3 is 0 Å². The van der Waals surface area contributed by atoms with Crippen molar-refractivity contribution in [2.45, 2.75) is 57.2 Å². The van der Waals surface area contributed by atoms with Gasteiger partial charge in [-0.1, -0.05) is 25.7 Å². The van der Waals surface area contributed by atoms with E-state index in [1.807, 2.05) is 0 Å². The van der Waals surface area contributed by atoms with Gasteiger partial charge in [0.05, 0.1) is 12.2 Å². The molecule has 2 saturated carbocycles. The molecule has 0 amide bonds. The zero-order chi connectivity index (χ0) is 11.4. The predicted octanol–water partition coefficient (Wildman–Crippen LogP) is 1.29. The van der Waals surface area contributed by atoms with Gasteiger partial charge in [-0.2, -0.15) is 0 Å². The Labute approximate surface area is 98.2 Å². The van der Waals surface area contributed by atoms with Crippen LogP contribution in [0.25, 0.3) is 0 Å². The topological polar surface area (TPSA) is 52.5 Å². The monoisotopic (exact) mass is 227 g/mol. The van der Waals surface area contributed by atoms with Crippen LogP contribution < -0.4 is 5.32 Å². The first kappa shape index (κ1) is 12.3. The summed E-state index contributed by atoms with van der Waals surface area (Å²) in [4.78, 5) is 0. The van der Waals surface area contributed by atoms with Crippen molar-refractivity contribution < 1.29 is 10.2 Å². The van der Waals surface area contributed by atoms with E-state index in [0.29, 0.717) is 19.0 Å². The molecule has 2 rings (SSSR count). The van der Waals surface area contributed by atoms with Crippen LogP contribution in [-0.2, 0) is 0 Å². The SMILES string of the molecule is OC(CNCC(O)C1CC1)CC1CCCC1. The molecule has 0 aromatic heterocycles. The third kappa shape index (κ3) is 4.04. The van der Waals surface area contributed by atoms with E-state index in [9.17, 15) is 10.2 Å². The molecule has 0 radical (unpaired) electrons. The van der Waals surface area contributed by atoms with Gasteiger partial charge in [-0.05, 0) is 31.1 Å². The Hall–Kier alpha value is -0.120. The second kappa shape index (κ2) is 5.99. The summed E-state index contributed by atoms with van der Waals surface area (Å²) in [6.07, 6.45) is 8.13. The quantitative estimate of drug-likeness (QED) is 0.614. The molecule has 2 unspecified atom stereocenters. The lowest BCUT2D eigenvalue weighted by molar-refractivity contribution is 0.119. The van der Waals surface area contributed by atoms with E-state index in [-0.39, 0.29) is 12.2 Å². The van der Waals surface area contributed by atoms with Crippen LogP contribution in [0.2, 0.25) is 0 Å². The van der Waals surface area contributed by atoms with Gasteiger partial charge < -0.3 is 15.5 Å². The molecule has 0 spiro atoms. The van der Waals surface area contributed by atoms with Crippen molar-refractivity contribution >= 4 is 0 Å². The molecule has 2 fully saturated rings. The number of rotatable bonds is 7. The average molecular weight is 227 g/mol. The molecule has 3 nitrogen and oxygen atoms in total. The number of hydrogen-bond acceptors (Lipinski definition) is 3. The van der Waals surface area contributed by atoms with Crippen molar-refractivity contribution in [1.29, 1.82) is 0 Å². The molecule has 0 bridgehead atoms. The molecular weight excluding hydrogens is 202 g/mol. The summed E-state index contributed by atoms with van der Waals surface area (Å²) in [5, 5.41) is 22.7. The Balaban J connectivity index is 1.50. The molecule has 2 aliphatic rings. The molecule has 0 saturated heterocycles. The maximum Gasteiger partial charge on any atom is 0.0692 e. The zero-order valence-corrected chi connectivity index (χ0v) is 10.1. The summed E-state index contributed by atoms with van der Waals surface area (Å²) >= 11 is 0. The van der Waals surface area contributed by atoms with Crippen molar-refractivity contribution in [3.05, 3.63) is 0 Å². The lowest BCUT2D eigenvalue weighted by Crippen LogP contribution is -2.34. The van der Waals surface area contributed by atoms with Gasteiger partial charge in [0.25, 0.3) is 0 Å². The standard InChI is InChI=1S/C13H25NO2/c15-12(7-10-3-1-2-4-10)8-14-9-13(16)11-5-6-11/h10-16H,1-9H2. The van der Waals surface area contributed by atoms with Crippen molar-refractivity contribution in [3.8, 4) is 0 Å². The van der Waals surface area contributed by atoms with Crippen molar-refractivity contribution in [3.63, 3.8) is 0 Å². The molecule has 0 aromatic rings. The third-order valence-corrected chi connectivity index (χ3v) is 3.98. The lowest BCUT2D eigenvalue weighted by atomic mass is 10.00. The highest BCUT2D eigenvalue weighted by atomic mass is 16.3. The average Bonchev–Trinajstić information content (AvgIpc) is 2.99. The Morgan fingerprint density at radius 3 is 2.31 bits per heavy atom. The minimum Gasteiger partial charge on any atom is -0.392 e. The van der Waals surface area contributed by atoms with E-state index >= 15 is 0 Å². The van der Waals surface area contributed by atoms with E-state index in [4.69, 9.17) is 0 Å². The molecule has 0 aliphatic heterocycles. The molecular formula is C13H25NO2. The number of nitrogens with one attached hydrogen (secondary N) is 1. The van der Waals surface area contributed by atoms with Gasteiger partial charge in [-0.3, -0.25) is 0 Å². The summed E-state index contributed by atoms with van der Waals surface area (Å²) in [6.45, 7) is 1.28. The summed E-state index contributed by atoms with van der Waals surface area (Å²) in [7, 11) is 0. The van der Waals surface area contributed by atoms with Crippen LogP contribution in [0.5, 0.6) is 0 Å². The largest absolute Gasteiger partial charge is 0.392 e. The van der Waals surface area contributed by atoms with Crippen molar-refractivity contribution in [2.24, 2.45) is 11.8 Å². The lowest BCUT2D eigenvalue weighted by Gasteiger charge is -2.17. The molecule has 0 heterocycles. The zero-order valence-electron chi connectivity index (χ0n) is 10.1. The van der Waals surface area contributed by atoms with E-state index in [2.05, 4.69) is 5.32 Å². The van der Waals surface area contributed by atoms with Crippen LogP contribution in [-0.4, -0.2) is 35.5 Å². The molecule has 16 heavy (non-hydrogen) atoms. The Morgan fingerprint density at radius 2 is 1.69 bits per heavy atom. The highest BCUT2D eigenvalue weighted by molar-refractivity contribution is 4.82. The minimum absolute atomic E-state index is 0.196. The van der Waals surface area contributed by atoms with Crippen LogP contribution in [0, 0.1) is 11.8 Å². The molecule has 2 atom stereocenters. The van der Waals surface area contributed by atoms with Gasteiger partial charge in [-0.25, -0.2) is 0 Å². The minimum atomic E-state index is -0.227. The molecule has 3 N–H and O–H groups in total. The molecule has 94 valence electrons. The van der Waals surface area contributed by atoms with Crippen LogP contribution >= 0.6 is 0 Å². The Bertz CT molecular complexity index is 200. The fourth-order valence-electron chi connectivity index (χ4n) is 2.76. The molecule has 0 aromatic carbocycles. The van der Waals surface area contributed by atoms with Crippen LogP contribution in [0.4, 0.5) is 0 Å². The van der Waals surface area contributed by atoms with Crippen molar-refractivity contribution in [1.82, 2.24) is 5.32 Å². The Kier molecular flexibility index (Phi) is 4.62. The number of hydrogen-bond donors (Lipinski definition) is 3. The van der Waals surface area contributed by atoms with E-state index in [1.54, 1.807) is 0 Å². The van der Waals surface area contributed by atoms with Crippen molar-refractivity contribution in [2.75, 3.05) is 13.1 Å². The van der Waals surface area contributed by atoms with Gasteiger partial charge in [0.15, 0.2) is 0 Å². The second-order valence-corrected chi connectivity index (χ2v) is 5.60. The smallest absolute Gasteiger partial charge is 0.0692 e. The normalized spacial score (nSPS) is 25.9. The van der Waals surface area contributed by atoms with Crippen LogP contribution in [0.3, 0.4) is 0 Å². The molecule has 2 aliphatic carbocycles. The molecule has 3 heteroatoms. The van der Waals surface area contributed by atoms with Gasteiger partial charge in [0.1, 0.15) is 0 Å². The van der Waals surface area contributed by atoms with Gasteiger partial charge in [0, 0.05) is 13.1 Å². The maximum absolute atomic E-state index is 9.83. The summed E-state index contributed by atoms with van der Waals surface area (Å²) in [5.41, 5.74) is 0. The predicted molar refractivity (Wildman–Crippen MR) is 64.2 cm³/mol. The third-order valence-electron chi connectivity index (χ3n) is 3.98.